The van der Waals surface area contributed by atoms with Gasteiger partial charge in [-0.25, -0.2) is 9.18 Å². The number of aromatic amines is 1. The van der Waals surface area contributed by atoms with E-state index in [1.807, 2.05) is 0 Å². The van der Waals surface area contributed by atoms with E-state index >= 15 is 0 Å². The molecule has 1 fully saturated rings. The number of hydrogen-bond acceptors (Lipinski definition) is 6. The lowest BCUT2D eigenvalue weighted by atomic mass is 10.1. The highest BCUT2D eigenvalue weighted by Crippen LogP contribution is 2.32. The number of nitrogens with one attached hydrogen (secondary N) is 1. The summed E-state index contributed by atoms with van der Waals surface area (Å²) >= 11 is 3.02. The molecule has 1 unspecified atom stereocenters. The van der Waals surface area contributed by atoms with Gasteiger partial charge in [-0.05, 0) is 11.1 Å². The number of nitrogens with zero attached hydrogens (tertiary/aromatic N) is 1. The van der Waals surface area contributed by atoms with Gasteiger partial charge in [0.1, 0.15) is 12.3 Å². The van der Waals surface area contributed by atoms with Crippen molar-refractivity contribution >= 4 is 28.0 Å². The highest BCUT2D eigenvalue weighted by atomic mass is 79.9. The van der Waals surface area contributed by atoms with Crippen molar-refractivity contribution in [2.24, 2.45) is 0 Å². The zero-order chi connectivity index (χ0) is 17.1. The van der Waals surface area contributed by atoms with Crippen molar-refractivity contribution in [2.75, 3.05) is 0 Å². The van der Waals surface area contributed by atoms with Crippen LogP contribution >= 0.6 is 15.9 Å². The van der Waals surface area contributed by atoms with E-state index in [-0.39, 0.29) is 12.0 Å². The van der Waals surface area contributed by atoms with Crippen LogP contribution in [0.1, 0.15) is 25.1 Å². The second kappa shape index (κ2) is 7.20. The second-order valence-electron chi connectivity index (χ2n) is 4.86. The minimum atomic E-state index is -2.38. The number of halogens is 2. The monoisotopic (exact) mass is 392 g/mol. The predicted octanol–water partition coefficient (Wildman–Crippen LogP) is 0.409. The van der Waals surface area contributed by atoms with Gasteiger partial charge < -0.3 is 14.6 Å². The first kappa shape index (κ1) is 17.6. The van der Waals surface area contributed by atoms with Gasteiger partial charge >= 0.3 is 11.7 Å². The van der Waals surface area contributed by atoms with Crippen LogP contribution < -0.4 is 11.2 Å². The number of ether oxygens (including phenoxy) is 2. The summed E-state index contributed by atoms with van der Waals surface area (Å²) in [7, 11) is 0. The molecule has 2 rings (SSSR count). The summed E-state index contributed by atoms with van der Waals surface area (Å²) in [6, 6.07) is 0. The molecule has 0 saturated carbocycles. The molecule has 2 heterocycles. The molecular formula is C13H14BrFN2O6. The van der Waals surface area contributed by atoms with Crippen molar-refractivity contribution in [3.8, 4) is 0 Å². The molecule has 1 aliphatic rings. The number of alkyl halides is 1. The fraction of sp³-hybridized carbons (Fsp3) is 0.462. The van der Waals surface area contributed by atoms with Crippen LogP contribution in [0.4, 0.5) is 4.39 Å². The molecule has 0 spiro atoms. The van der Waals surface area contributed by atoms with Crippen molar-refractivity contribution in [2.45, 2.75) is 38.1 Å². The van der Waals surface area contributed by atoms with E-state index in [2.05, 4.69) is 20.9 Å². The molecule has 0 bridgehead atoms. The molecule has 0 amide bonds. The number of hydrogen-bond donors (Lipinski definition) is 2. The minimum absolute atomic E-state index is 0.0470. The number of carbonyl (C=O) groups is 1. The molecule has 1 aliphatic heterocycles. The number of aliphatic hydroxyl groups is 1. The summed E-state index contributed by atoms with van der Waals surface area (Å²) < 4.78 is 24.5. The van der Waals surface area contributed by atoms with Gasteiger partial charge in [-0.1, -0.05) is 15.9 Å². The molecule has 4 atom stereocenters. The van der Waals surface area contributed by atoms with Crippen molar-refractivity contribution in [3.05, 3.63) is 37.6 Å². The Kier molecular flexibility index (Phi) is 5.50. The largest absolute Gasteiger partial charge is 0.459 e. The third-order valence-electron chi connectivity index (χ3n) is 3.25. The van der Waals surface area contributed by atoms with Gasteiger partial charge in [-0.2, -0.15) is 0 Å². The van der Waals surface area contributed by atoms with Crippen molar-refractivity contribution in [1.82, 2.24) is 9.55 Å². The van der Waals surface area contributed by atoms with Crippen LogP contribution in [0, 0.1) is 0 Å². The molecule has 10 heteroatoms. The van der Waals surface area contributed by atoms with E-state index in [9.17, 15) is 18.8 Å². The van der Waals surface area contributed by atoms with E-state index in [0.717, 1.165) is 11.5 Å². The Balaban J connectivity index is 2.35. The zero-order valence-corrected chi connectivity index (χ0v) is 13.5. The number of carbonyl (C=O) groups excluding carboxylic acids is 1. The molecule has 1 saturated heterocycles. The first-order chi connectivity index (χ1) is 10.8. The van der Waals surface area contributed by atoms with Crippen LogP contribution in [0.5, 0.6) is 0 Å². The number of H-pyrrole nitrogens is 1. The first-order valence-corrected chi connectivity index (χ1v) is 7.52. The molecule has 8 nitrogen and oxygen atoms in total. The highest BCUT2D eigenvalue weighted by Gasteiger charge is 2.43. The van der Waals surface area contributed by atoms with Crippen LogP contribution in [-0.4, -0.2) is 39.2 Å². The number of rotatable bonds is 4. The minimum Gasteiger partial charge on any atom is -0.459 e. The van der Waals surface area contributed by atoms with Crippen molar-refractivity contribution in [3.63, 3.8) is 0 Å². The average molecular weight is 393 g/mol. The average Bonchev–Trinajstić information content (AvgIpc) is 2.85. The van der Waals surface area contributed by atoms with Crippen LogP contribution in [0.3, 0.4) is 0 Å². The van der Waals surface area contributed by atoms with Crippen LogP contribution in [-0.2, 0) is 14.3 Å². The number of aromatic nitrogens is 2. The topological polar surface area (TPSA) is 111 Å². The Hall–Kier alpha value is -1.78. The molecule has 0 aliphatic carbocycles. The smallest absolute Gasteiger partial charge is 0.330 e. The third kappa shape index (κ3) is 3.95. The summed E-state index contributed by atoms with van der Waals surface area (Å²) in [6.07, 6.45) is -3.25. The predicted molar refractivity (Wildman–Crippen MR) is 80.5 cm³/mol. The van der Waals surface area contributed by atoms with Gasteiger partial charge in [-0.15, -0.1) is 0 Å². The Bertz CT molecular complexity index is 728. The lowest BCUT2D eigenvalue weighted by molar-refractivity contribution is -0.162. The maximum absolute atomic E-state index is 13.2. The van der Waals surface area contributed by atoms with Gasteiger partial charge in [-0.3, -0.25) is 19.1 Å². The number of esters is 1. The lowest BCUT2D eigenvalue weighted by Crippen LogP contribution is -2.35. The van der Waals surface area contributed by atoms with Crippen molar-refractivity contribution in [1.29, 1.82) is 0 Å². The highest BCUT2D eigenvalue weighted by molar-refractivity contribution is 9.11. The molecular weight excluding hydrogens is 379 g/mol. The number of aliphatic hydroxyl groups excluding tert-OH is 1. The second-order valence-corrected chi connectivity index (χ2v) is 5.38. The Labute approximate surface area is 137 Å². The fourth-order valence-corrected chi connectivity index (χ4v) is 2.59. The van der Waals surface area contributed by atoms with Crippen LogP contribution in [0.2, 0.25) is 0 Å². The Morgan fingerprint density at radius 1 is 1.65 bits per heavy atom. The lowest BCUT2D eigenvalue weighted by Gasteiger charge is -2.18. The summed E-state index contributed by atoms with van der Waals surface area (Å²) in [6.45, 7) is 1.14. The van der Waals surface area contributed by atoms with E-state index in [1.165, 1.54) is 17.3 Å². The maximum Gasteiger partial charge on any atom is 0.330 e. The van der Waals surface area contributed by atoms with Gasteiger partial charge in [0.2, 0.25) is 6.36 Å². The van der Waals surface area contributed by atoms with Crippen molar-refractivity contribution < 1.29 is 23.8 Å². The first-order valence-electron chi connectivity index (χ1n) is 6.60. The molecule has 23 heavy (non-hydrogen) atoms. The molecule has 1 aromatic heterocycles. The van der Waals surface area contributed by atoms with Gasteiger partial charge in [0, 0.05) is 19.5 Å². The summed E-state index contributed by atoms with van der Waals surface area (Å²) in [4.78, 5) is 38.1. The quantitative estimate of drug-likeness (QED) is 0.717. The standard InChI is InChI=1S/C13H14BrFN2O6/c1-6(18)22-8-4-9(23-10(8)11(15)19)17-5-7(2-3-14)12(20)16-13(17)21/h2-3,5,8-11,19H,4H2,1H3,(H,16,20,21)/t8-,9+,10-,11?/m0/s1. The zero-order valence-electron chi connectivity index (χ0n) is 11.9. The fourth-order valence-electron chi connectivity index (χ4n) is 2.31. The van der Waals surface area contributed by atoms with Gasteiger partial charge in [0.25, 0.3) is 5.56 Å². The Morgan fingerprint density at radius 2 is 2.35 bits per heavy atom. The molecule has 2 N–H and O–H groups in total. The van der Waals surface area contributed by atoms with E-state index in [1.54, 1.807) is 0 Å². The van der Waals surface area contributed by atoms with E-state index in [4.69, 9.17) is 14.6 Å². The molecule has 0 radical (unpaired) electrons. The normalized spacial score (nSPS) is 25.7. The van der Waals surface area contributed by atoms with E-state index in [0.29, 0.717) is 0 Å². The van der Waals surface area contributed by atoms with Crippen LogP contribution in [0.25, 0.3) is 6.08 Å². The Morgan fingerprint density at radius 3 is 2.91 bits per heavy atom. The third-order valence-corrected chi connectivity index (χ3v) is 3.52. The summed E-state index contributed by atoms with van der Waals surface area (Å²) in [5, 5.41) is 9.11. The maximum atomic E-state index is 13.2. The van der Waals surface area contributed by atoms with Gasteiger partial charge in [0.15, 0.2) is 6.10 Å². The SMILES string of the molecule is CC(=O)O[C@H]1C[C@H](n2cc(C=CBr)c(=O)[nH]c2=O)O[C@@H]1C(O)F. The molecule has 126 valence electrons. The molecule has 1 aromatic rings. The summed E-state index contributed by atoms with van der Waals surface area (Å²) in [5.41, 5.74) is -1.20. The van der Waals surface area contributed by atoms with Gasteiger partial charge in [0.05, 0.1) is 5.56 Å². The van der Waals surface area contributed by atoms with Crippen LogP contribution in [0.15, 0.2) is 20.8 Å². The van der Waals surface area contributed by atoms with E-state index < -0.39 is 42.0 Å². The molecule has 0 aromatic carbocycles. The summed E-state index contributed by atoms with van der Waals surface area (Å²) in [5.74, 6) is -0.665.